The Bertz CT molecular complexity index is 1320. The van der Waals surface area contributed by atoms with E-state index in [0.717, 1.165) is 26.1 Å². The molecule has 10 heteroatoms. The molecule has 1 aliphatic rings. The largest absolute Gasteiger partial charge is 0.326 e. The summed E-state index contributed by atoms with van der Waals surface area (Å²) < 4.78 is 28.2. The Morgan fingerprint density at radius 1 is 1.09 bits per heavy atom. The zero-order valence-corrected chi connectivity index (χ0v) is 20.2. The SMILES string of the molecule is CC(=O)Nc1ccc(N2C(=O)CC(N(Cc3ccc(C)cc3)S(=O)(=O)c3cccs3)C2=O)cc1. The molecular weight excluding hydrogens is 474 g/mol. The van der Waals surface area contributed by atoms with E-state index in [1.165, 1.54) is 13.0 Å². The first-order chi connectivity index (χ1) is 16.2. The quantitative estimate of drug-likeness (QED) is 0.503. The van der Waals surface area contributed by atoms with Crippen molar-refractivity contribution in [3.05, 3.63) is 77.2 Å². The number of aryl methyl sites for hydroxylation is 1. The molecule has 2 aromatic carbocycles. The molecule has 34 heavy (non-hydrogen) atoms. The molecule has 1 fully saturated rings. The molecule has 0 aliphatic carbocycles. The molecule has 3 aromatic rings. The Hall–Kier alpha value is -3.34. The summed E-state index contributed by atoms with van der Waals surface area (Å²) in [7, 11) is -4.03. The lowest BCUT2D eigenvalue weighted by Gasteiger charge is -2.26. The number of nitrogens with zero attached hydrogens (tertiary/aromatic N) is 2. The van der Waals surface area contributed by atoms with Gasteiger partial charge < -0.3 is 5.32 Å². The molecule has 0 radical (unpaired) electrons. The van der Waals surface area contributed by atoms with Crippen molar-refractivity contribution in [3.63, 3.8) is 0 Å². The summed E-state index contributed by atoms with van der Waals surface area (Å²) >= 11 is 1.06. The number of benzene rings is 2. The number of nitrogens with one attached hydrogen (secondary N) is 1. The maximum atomic E-state index is 13.5. The predicted molar refractivity (Wildman–Crippen MR) is 130 cm³/mol. The molecule has 1 aromatic heterocycles. The van der Waals surface area contributed by atoms with E-state index in [1.807, 2.05) is 31.2 Å². The number of hydrogen-bond acceptors (Lipinski definition) is 6. The summed E-state index contributed by atoms with van der Waals surface area (Å²) in [6.07, 6.45) is -0.261. The number of hydrogen-bond donors (Lipinski definition) is 1. The van der Waals surface area contributed by atoms with Gasteiger partial charge in [-0.25, -0.2) is 13.3 Å². The topological polar surface area (TPSA) is 104 Å². The zero-order chi connectivity index (χ0) is 24.5. The summed E-state index contributed by atoms with van der Waals surface area (Å²) in [5.41, 5.74) is 2.57. The number of carbonyl (C=O) groups excluding carboxylic acids is 3. The highest BCUT2D eigenvalue weighted by Gasteiger charge is 2.47. The summed E-state index contributed by atoms with van der Waals surface area (Å²) in [6, 6.07) is 15.6. The van der Waals surface area contributed by atoms with Crippen LogP contribution in [0.25, 0.3) is 0 Å². The smallest absolute Gasteiger partial charge is 0.253 e. The first-order valence-corrected chi connectivity index (χ1v) is 12.8. The van der Waals surface area contributed by atoms with E-state index >= 15 is 0 Å². The van der Waals surface area contributed by atoms with Crippen molar-refractivity contribution >= 4 is 50.5 Å². The van der Waals surface area contributed by atoms with Crippen LogP contribution in [0.4, 0.5) is 11.4 Å². The molecule has 8 nitrogen and oxygen atoms in total. The van der Waals surface area contributed by atoms with Crippen molar-refractivity contribution in [3.8, 4) is 0 Å². The fourth-order valence-corrected chi connectivity index (χ4v) is 6.46. The number of rotatable bonds is 7. The average molecular weight is 498 g/mol. The highest BCUT2D eigenvalue weighted by atomic mass is 32.2. The van der Waals surface area contributed by atoms with Gasteiger partial charge in [-0.3, -0.25) is 14.4 Å². The molecule has 1 unspecified atom stereocenters. The first-order valence-electron chi connectivity index (χ1n) is 10.5. The minimum Gasteiger partial charge on any atom is -0.326 e. The molecule has 176 valence electrons. The molecule has 2 heterocycles. The van der Waals surface area contributed by atoms with E-state index in [0.29, 0.717) is 16.9 Å². The van der Waals surface area contributed by atoms with Crippen LogP contribution in [0.3, 0.4) is 0 Å². The highest BCUT2D eigenvalue weighted by Crippen LogP contribution is 2.32. The Balaban J connectivity index is 1.67. The first kappa shape index (κ1) is 23.8. The van der Waals surface area contributed by atoms with Gasteiger partial charge in [0.05, 0.1) is 12.1 Å². The molecule has 1 atom stereocenters. The minimum absolute atomic E-state index is 0.0422. The number of anilines is 2. The van der Waals surface area contributed by atoms with Gasteiger partial charge in [0.15, 0.2) is 0 Å². The van der Waals surface area contributed by atoms with Crippen LogP contribution in [-0.2, 0) is 31.0 Å². The lowest BCUT2D eigenvalue weighted by atomic mass is 10.1. The van der Waals surface area contributed by atoms with E-state index in [4.69, 9.17) is 0 Å². The molecule has 0 saturated carbocycles. The van der Waals surface area contributed by atoms with Crippen molar-refractivity contribution in [2.75, 3.05) is 10.2 Å². The van der Waals surface area contributed by atoms with Crippen molar-refractivity contribution in [1.29, 1.82) is 0 Å². The van der Waals surface area contributed by atoms with Gasteiger partial charge in [-0.05, 0) is 48.2 Å². The van der Waals surface area contributed by atoms with Crippen LogP contribution in [0, 0.1) is 6.92 Å². The molecule has 1 saturated heterocycles. The highest BCUT2D eigenvalue weighted by molar-refractivity contribution is 7.91. The third-order valence-corrected chi connectivity index (χ3v) is 8.66. The third-order valence-electron chi connectivity index (χ3n) is 5.43. The lowest BCUT2D eigenvalue weighted by Crippen LogP contribution is -2.44. The van der Waals surface area contributed by atoms with Crippen LogP contribution in [-0.4, -0.2) is 36.5 Å². The van der Waals surface area contributed by atoms with Gasteiger partial charge in [0.2, 0.25) is 11.8 Å². The van der Waals surface area contributed by atoms with Crippen molar-refractivity contribution in [2.24, 2.45) is 0 Å². The maximum absolute atomic E-state index is 13.5. The summed E-state index contributed by atoms with van der Waals surface area (Å²) in [4.78, 5) is 38.6. The molecule has 0 bridgehead atoms. The number of sulfonamides is 1. The van der Waals surface area contributed by atoms with Crippen LogP contribution in [0.15, 0.2) is 70.3 Å². The van der Waals surface area contributed by atoms with Gasteiger partial charge in [0, 0.05) is 19.2 Å². The maximum Gasteiger partial charge on any atom is 0.253 e. The lowest BCUT2D eigenvalue weighted by molar-refractivity contribution is -0.122. The monoisotopic (exact) mass is 497 g/mol. The van der Waals surface area contributed by atoms with Crippen LogP contribution >= 0.6 is 11.3 Å². The van der Waals surface area contributed by atoms with E-state index in [-0.39, 0.29) is 23.1 Å². The second-order valence-electron chi connectivity index (χ2n) is 7.98. The summed E-state index contributed by atoms with van der Waals surface area (Å²) in [5.74, 6) is -1.34. The Morgan fingerprint density at radius 2 is 1.76 bits per heavy atom. The second kappa shape index (κ2) is 9.49. The van der Waals surface area contributed by atoms with Crippen molar-refractivity contribution < 1.29 is 22.8 Å². The van der Waals surface area contributed by atoms with Crippen LogP contribution in [0.2, 0.25) is 0 Å². The van der Waals surface area contributed by atoms with Gasteiger partial charge >= 0.3 is 0 Å². The van der Waals surface area contributed by atoms with E-state index < -0.39 is 27.9 Å². The summed E-state index contributed by atoms with van der Waals surface area (Å²) in [5, 5.41) is 4.28. The van der Waals surface area contributed by atoms with E-state index in [9.17, 15) is 22.8 Å². The van der Waals surface area contributed by atoms with Gasteiger partial charge in [0.25, 0.3) is 15.9 Å². The molecule has 3 amide bonds. The van der Waals surface area contributed by atoms with Gasteiger partial charge in [-0.1, -0.05) is 35.9 Å². The third kappa shape index (κ3) is 4.79. The average Bonchev–Trinajstić information content (AvgIpc) is 3.43. The Labute approximate surface area is 201 Å². The van der Waals surface area contributed by atoms with Crippen molar-refractivity contribution in [1.82, 2.24) is 4.31 Å². The van der Waals surface area contributed by atoms with Crippen LogP contribution < -0.4 is 10.2 Å². The predicted octanol–water partition coefficient (Wildman–Crippen LogP) is 3.54. The molecule has 1 aliphatic heterocycles. The minimum atomic E-state index is -4.03. The van der Waals surface area contributed by atoms with Gasteiger partial charge in [-0.15, -0.1) is 11.3 Å². The fraction of sp³-hybridized carbons (Fsp3) is 0.208. The van der Waals surface area contributed by atoms with Gasteiger partial charge in [-0.2, -0.15) is 4.31 Å². The van der Waals surface area contributed by atoms with Gasteiger partial charge in [0.1, 0.15) is 10.3 Å². The van der Waals surface area contributed by atoms with Crippen LogP contribution in [0.1, 0.15) is 24.5 Å². The number of amides is 3. The standard InChI is InChI=1S/C24H23N3O5S2/c1-16-5-7-18(8-6-16)15-26(34(31,32)23-4-3-13-33-23)21-14-22(29)27(24(21)30)20-11-9-19(10-12-20)25-17(2)28/h3-13,21H,14-15H2,1-2H3,(H,25,28). The van der Waals surface area contributed by atoms with Crippen molar-refractivity contribution in [2.45, 2.75) is 37.1 Å². The van der Waals surface area contributed by atoms with E-state index in [2.05, 4.69) is 5.32 Å². The molecule has 1 N–H and O–H groups in total. The fourth-order valence-electron chi connectivity index (χ4n) is 3.77. The number of carbonyl (C=O) groups is 3. The normalized spacial score (nSPS) is 16.3. The number of imide groups is 1. The Kier molecular flexibility index (Phi) is 6.65. The zero-order valence-electron chi connectivity index (χ0n) is 18.6. The Morgan fingerprint density at radius 3 is 2.35 bits per heavy atom. The molecule has 0 spiro atoms. The second-order valence-corrected chi connectivity index (χ2v) is 11.0. The van der Waals surface area contributed by atoms with E-state index in [1.54, 1.807) is 35.7 Å². The molecule has 4 rings (SSSR count). The molecular formula is C24H23N3O5S2. The summed E-state index contributed by atoms with van der Waals surface area (Å²) in [6.45, 7) is 3.26. The number of thiophene rings is 1. The van der Waals surface area contributed by atoms with Crippen LogP contribution in [0.5, 0.6) is 0 Å².